The van der Waals surface area contributed by atoms with Crippen LogP contribution >= 0.6 is 27.7 Å². The summed E-state index contributed by atoms with van der Waals surface area (Å²) in [6, 6.07) is 3.07. The third kappa shape index (κ3) is 4.39. The predicted octanol–water partition coefficient (Wildman–Crippen LogP) is 3.45. The lowest BCUT2D eigenvalue weighted by Crippen LogP contribution is -2.34. The van der Waals surface area contributed by atoms with Crippen LogP contribution in [0.3, 0.4) is 0 Å². The number of carbonyl (C=O) groups excluding carboxylic acids is 3. The molecule has 1 aromatic rings. The minimum Gasteiger partial charge on any atom is -0.493 e. The number of esters is 1. The summed E-state index contributed by atoms with van der Waals surface area (Å²) in [5, 5.41) is -0.294. The summed E-state index contributed by atoms with van der Waals surface area (Å²) in [5.74, 6) is -0.120. The molecule has 0 unspecified atom stereocenters. The summed E-state index contributed by atoms with van der Waals surface area (Å²) in [4.78, 5) is 37.2. The Morgan fingerprint density at radius 2 is 1.96 bits per heavy atom. The molecule has 0 N–H and O–H groups in total. The van der Waals surface area contributed by atoms with Crippen LogP contribution in [0.4, 0.5) is 4.79 Å². The van der Waals surface area contributed by atoms with Gasteiger partial charge in [0, 0.05) is 10.5 Å². The highest BCUT2D eigenvalue weighted by Crippen LogP contribution is 2.38. The molecule has 140 valence electrons. The molecule has 0 saturated carbocycles. The van der Waals surface area contributed by atoms with Crippen LogP contribution in [0.2, 0.25) is 0 Å². The van der Waals surface area contributed by atoms with Crippen molar-refractivity contribution in [1.82, 2.24) is 4.90 Å². The Morgan fingerprint density at radius 1 is 1.27 bits per heavy atom. The van der Waals surface area contributed by atoms with Crippen molar-refractivity contribution in [3.05, 3.63) is 27.1 Å². The second kappa shape index (κ2) is 8.59. The fourth-order valence-corrected chi connectivity index (χ4v) is 3.58. The van der Waals surface area contributed by atoms with Crippen molar-refractivity contribution in [2.45, 2.75) is 19.9 Å². The van der Waals surface area contributed by atoms with E-state index in [2.05, 4.69) is 20.7 Å². The maximum Gasteiger partial charge on any atom is 0.343 e. The number of nitrogens with zero attached hydrogens (tertiary/aromatic N) is 1. The number of halogens is 1. The van der Waals surface area contributed by atoms with Crippen LogP contribution in [0.25, 0.3) is 6.08 Å². The van der Waals surface area contributed by atoms with E-state index in [1.165, 1.54) is 19.1 Å². The van der Waals surface area contributed by atoms with E-state index in [1.54, 1.807) is 32.1 Å². The minimum atomic E-state index is -0.519. The largest absolute Gasteiger partial charge is 0.493 e. The summed E-state index contributed by atoms with van der Waals surface area (Å²) in [7, 11) is 2.73. The Morgan fingerprint density at radius 3 is 2.50 bits per heavy atom. The summed E-state index contributed by atoms with van der Waals surface area (Å²) >= 11 is 4.30. The van der Waals surface area contributed by atoms with Crippen LogP contribution in [0, 0.1) is 0 Å². The predicted molar refractivity (Wildman–Crippen MR) is 101 cm³/mol. The number of methoxy groups -OCH3 is 2. The highest BCUT2D eigenvalue weighted by Gasteiger charge is 2.36. The third-order valence-electron chi connectivity index (χ3n) is 3.48. The van der Waals surface area contributed by atoms with Gasteiger partial charge >= 0.3 is 5.97 Å². The van der Waals surface area contributed by atoms with Gasteiger partial charge in [-0.15, -0.1) is 0 Å². The van der Waals surface area contributed by atoms with Gasteiger partial charge in [0.25, 0.3) is 11.1 Å². The van der Waals surface area contributed by atoms with E-state index in [0.29, 0.717) is 26.4 Å². The molecular weight excluding hydrogens is 426 g/mol. The van der Waals surface area contributed by atoms with Gasteiger partial charge in [0.15, 0.2) is 18.1 Å². The molecular formula is C17H18BrNO6S. The van der Waals surface area contributed by atoms with Gasteiger partial charge in [0.05, 0.1) is 19.1 Å². The summed E-state index contributed by atoms with van der Waals surface area (Å²) in [6.07, 6.45) is 1.62. The summed E-state index contributed by atoms with van der Waals surface area (Å²) in [6.45, 7) is 3.31. The van der Waals surface area contributed by atoms with Crippen molar-refractivity contribution in [2.75, 3.05) is 20.8 Å². The van der Waals surface area contributed by atoms with E-state index in [0.717, 1.165) is 11.8 Å². The quantitative estimate of drug-likeness (QED) is 0.491. The van der Waals surface area contributed by atoms with Gasteiger partial charge in [-0.3, -0.25) is 14.5 Å². The number of imide groups is 1. The van der Waals surface area contributed by atoms with Gasteiger partial charge in [-0.2, -0.15) is 0 Å². The van der Waals surface area contributed by atoms with Crippen molar-refractivity contribution >= 4 is 50.9 Å². The average Bonchev–Trinajstić information content (AvgIpc) is 2.88. The lowest BCUT2D eigenvalue weighted by Gasteiger charge is -2.16. The molecule has 0 aromatic heterocycles. The van der Waals surface area contributed by atoms with Crippen LogP contribution in [-0.4, -0.2) is 48.9 Å². The molecule has 26 heavy (non-hydrogen) atoms. The van der Waals surface area contributed by atoms with E-state index in [4.69, 9.17) is 9.47 Å². The first-order valence-corrected chi connectivity index (χ1v) is 9.23. The number of hydrogen-bond acceptors (Lipinski definition) is 7. The fourth-order valence-electron chi connectivity index (χ4n) is 2.20. The lowest BCUT2D eigenvalue weighted by molar-refractivity contribution is -0.143. The zero-order valence-corrected chi connectivity index (χ0v) is 17.1. The first kappa shape index (κ1) is 20.3. The van der Waals surface area contributed by atoms with Gasteiger partial charge in [0.2, 0.25) is 0 Å². The molecule has 1 aromatic carbocycles. The maximum absolute atomic E-state index is 12.4. The van der Waals surface area contributed by atoms with Crippen molar-refractivity contribution in [3.63, 3.8) is 0 Å². The molecule has 1 fully saturated rings. The second-order valence-electron chi connectivity index (χ2n) is 5.53. The Hall–Kier alpha value is -2.00. The molecule has 2 rings (SSSR count). The standard InChI is InChI=1S/C17H18BrNO6S/c1-9(2)19-16(21)14(26-17(19)22)6-10-5-12(23-3)13(7-11(10)18)25-8-15(20)24-4/h5-7,9H,8H2,1-4H3/b14-6+. The molecule has 1 aliphatic heterocycles. The Bertz CT molecular complexity index is 777. The fraction of sp³-hybridized carbons (Fsp3) is 0.353. The molecule has 0 bridgehead atoms. The average molecular weight is 444 g/mol. The lowest BCUT2D eigenvalue weighted by atomic mass is 10.1. The monoisotopic (exact) mass is 443 g/mol. The SMILES string of the molecule is COC(=O)COc1cc(Br)c(/C=C2/SC(=O)N(C(C)C)C2=O)cc1OC. The Kier molecular flexibility index (Phi) is 6.71. The van der Waals surface area contributed by atoms with Crippen LogP contribution in [-0.2, 0) is 14.3 Å². The number of rotatable bonds is 6. The van der Waals surface area contributed by atoms with Crippen LogP contribution in [0.15, 0.2) is 21.5 Å². The van der Waals surface area contributed by atoms with E-state index in [9.17, 15) is 14.4 Å². The number of amides is 2. The molecule has 0 spiro atoms. The van der Waals surface area contributed by atoms with Gasteiger partial charge < -0.3 is 14.2 Å². The molecule has 9 heteroatoms. The number of ether oxygens (including phenoxy) is 3. The second-order valence-corrected chi connectivity index (χ2v) is 7.38. The number of benzene rings is 1. The van der Waals surface area contributed by atoms with Gasteiger partial charge in [-0.05, 0) is 49.4 Å². The summed E-state index contributed by atoms with van der Waals surface area (Å²) in [5.41, 5.74) is 0.640. The maximum atomic E-state index is 12.4. The van der Waals surface area contributed by atoms with E-state index < -0.39 is 5.97 Å². The molecule has 0 radical (unpaired) electrons. The Labute approximate surface area is 163 Å². The molecule has 7 nitrogen and oxygen atoms in total. The van der Waals surface area contributed by atoms with Crippen molar-refractivity contribution < 1.29 is 28.6 Å². The number of thioether (sulfide) groups is 1. The van der Waals surface area contributed by atoms with Crippen LogP contribution in [0.1, 0.15) is 19.4 Å². The summed E-state index contributed by atoms with van der Waals surface area (Å²) < 4.78 is 15.8. The topological polar surface area (TPSA) is 82.1 Å². The first-order valence-electron chi connectivity index (χ1n) is 7.62. The van der Waals surface area contributed by atoms with E-state index in [-0.39, 0.29) is 23.8 Å². The molecule has 0 aliphatic carbocycles. The van der Waals surface area contributed by atoms with Crippen molar-refractivity contribution in [1.29, 1.82) is 0 Å². The number of hydrogen-bond donors (Lipinski definition) is 0. The van der Waals surface area contributed by atoms with Crippen LogP contribution in [0.5, 0.6) is 11.5 Å². The molecule has 0 atom stereocenters. The smallest absolute Gasteiger partial charge is 0.343 e. The molecule has 2 amide bonds. The first-order chi connectivity index (χ1) is 12.3. The minimum absolute atomic E-state index is 0.208. The van der Waals surface area contributed by atoms with Crippen molar-refractivity contribution in [2.24, 2.45) is 0 Å². The van der Waals surface area contributed by atoms with Gasteiger partial charge in [-0.1, -0.05) is 15.9 Å². The normalized spacial score (nSPS) is 15.8. The molecule has 1 heterocycles. The Balaban J connectivity index is 2.32. The molecule has 1 saturated heterocycles. The number of carbonyl (C=O) groups is 3. The van der Waals surface area contributed by atoms with Gasteiger partial charge in [0.1, 0.15) is 0 Å². The molecule has 1 aliphatic rings. The highest BCUT2D eigenvalue weighted by atomic mass is 79.9. The highest BCUT2D eigenvalue weighted by molar-refractivity contribution is 9.10. The van der Waals surface area contributed by atoms with E-state index >= 15 is 0 Å². The van der Waals surface area contributed by atoms with E-state index in [1.807, 2.05) is 0 Å². The third-order valence-corrected chi connectivity index (χ3v) is 5.05. The van der Waals surface area contributed by atoms with Gasteiger partial charge in [-0.25, -0.2) is 4.79 Å². The zero-order chi connectivity index (χ0) is 19.4. The zero-order valence-electron chi connectivity index (χ0n) is 14.7. The van der Waals surface area contributed by atoms with Crippen molar-refractivity contribution in [3.8, 4) is 11.5 Å². The van der Waals surface area contributed by atoms with Crippen LogP contribution < -0.4 is 9.47 Å².